The molecular formula is C14H18O3. The molecule has 0 spiro atoms. The molecule has 3 nitrogen and oxygen atoms in total. The van der Waals surface area contributed by atoms with E-state index in [0.29, 0.717) is 6.61 Å². The van der Waals surface area contributed by atoms with Crippen LogP contribution in [0.5, 0.6) is 0 Å². The normalized spacial score (nSPS) is 28.9. The van der Waals surface area contributed by atoms with Gasteiger partial charge in [0, 0.05) is 0 Å². The molecule has 1 aliphatic heterocycles. The van der Waals surface area contributed by atoms with Crippen molar-refractivity contribution in [2.24, 2.45) is 0 Å². The Kier molecular flexibility index (Phi) is 3.94. The molecule has 92 valence electrons. The van der Waals surface area contributed by atoms with Gasteiger partial charge in [0.2, 0.25) is 0 Å². The van der Waals surface area contributed by atoms with Crippen LogP contribution in [-0.4, -0.2) is 23.6 Å². The van der Waals surface area contributed by atoms with Crippen molar-refractivity contribution < 1.29 is 14.6 Å². The van der Waals surface area contributed by atoms with Crippen LogP contribution in [0.15, 0.2) is 42.0 Å². The molecule has 0 radical (unpaired) electrons. The van der Waals surface area contributed by atoms with Crippen LogP contribution in [0.4, 0.5) is 0 Å². The molecule has 0 saturated heterocycles. The van der Waals surface area contributed by atoms with E-state index >= 15 is 0 Å². The fourth-order valence-corrected chi connectivity index (χ4v) is 1.85. The summed E-state index contributed by atoms with van der Waals surface area (Å²) in [6.07, 6.45) is 0.717. The van der Waals surface area contributed by atoms with Crippen LogP contribution in [0.3, 0.4) is 0 Å². The van der Waals surface area contributed by atoms with Crippen LogP contribution >= 0.6 is 0 Å². The van der Waals surface area contributed by atoms with E-state index in [9.17, 15) is 5.11 Å². The van der Waals surface area contributed by atoms with E-state index in [0.717, 1.165) is 11.1 Å². The summed E-state index contributed by atoms with van der Waals surface area (Å²) >= 11 is 0. The molecule has 3 heteroatoms. The van der Waals surface area contributed by atoms with Gasteiger partial charge in [0.1, 0.15) is 6.10 Å². The first kappa shape index (κ1) is 12.3. The SMILES string of the molecule is CC1=C[C@@H](OCc2ccccc2)O[C@H](C)[C@H]1O. The maximum atomic E-state index is 9.70. The highest BCUT2D eigenvalue weighted by Gasteiger charge is 2.26. The zero-order valence-electron chi connectivity index (χ0n) is 10.2. The number of benzene rings is 1. The largest absolute Gasteiger partial charge is 0.386 e. The molecule has 0 bridgehead atoms. The Hall–Kier alpha value is -1.16. The van der Waals surface area contributed by atoms with Crippen molar-refractivity contribution in [1.29, 1.82) is 0 Å². The van der Waals surface area contributed by atoms with Gasteiger partial charge in [-0.25, -0.2) is 0 Å². The first-order valence-corrected chi connectivity index (χ1v) is 5.84. The number of hydrogen-bond donors (Lipinski definition) is 1. The topological polar surface area (TPSA) is 38.7 Å². The Morgan fingerprint density at radius 3 is 2.65 bits per heavy atom. The van der Waals surface area contributed by atoms with Gasteiger partial charge < -0.3 is 14.6 Å². The van der Waals surface area contributed by atoms with E-state index in [4.69, 9.17) is 9.47 Å². The maximum Gasteiger partial charge on any atom is 0.178 e. The fourth-order valence-electron chi connectivity index (χ4n) is 1.85. The van der Waals surface area contributed by atoms with Crippen molar-refractivity contribution in [3.8, 4) is 0 Å². The van der Waals surface area contributed by atoms with Gasteiger partial charge in [0.05, 0.1) is 12.7 Å². The highest BCUT2D eigenvalue weighted by atomic mass is 16.7. The van der Waals surface area contributed by atoms with Gasteiger partial charge in [-0.15, -0.1) is 0 Å². The Balaban J connectivity index is 1.92. The van der Waals surface area contributed by atoms with Gasteiger partial charge in [-0.1, -0.05) is 30.3 Å². The summed E-state index contributed by atoms with van der Waals surface area (Å²) in [6.45, 7) is 4.25. The molecule has 0 unspecified atom stereocenters. The molecule has 1 aromatic carbocycles. The van der Waals surface area contributed by atoms with Gasteiger partial charge in [-0.3, -0.25) is 0 Å². The minimum atomic E-state index is -0.522. The Morgan fingerprint density at radius 1 is 1.29 bits per heavy atom. The summed E-state index contributed by atoms with van der Waals surface area (Å²) in [5, 5.41) is 9.70. The van der Waals surface area contributed by atoms with Crippen molar-refractivity contribution in [2.45, 2.75) is 39.0 Å². The smallest absolute Gasteiger partial charge is 0.178 e. The quantitative estimate of drug-likeness (QED) is 0.815. The molecular weight excluding hydrogens is 216 g/mol. The standard InChI is InChI=1S/C14H18O3/c1-10-8-13(17-11(2)14(10)15)16-9-12-6-4-3-5-7-12/h3-8,11,13-15H,9H2,1-2H3/t11-,13+,14+/m1/s1. The van der Waals surface area contributed by atoms with Crippen LogP contribution in [0, 0.1) is 0 Å². The van der Waals surface area contributed by atoms with Crippen LogP contribution in [0.1, 0.15) is 19.4 Å². The lowest BCUT2D eigenvalue weighted by Gasteiger charge is -2.30. The van der Waals surface area contributed by atoms with Crippen molar-refractivity contribution >= 4 is 0 Å². The second-order valence-electron chi connectivity index (χ2n) is 4.36. The lowest BCUT2D eigenvalue weighted by Crippen LogP contribution is -2.36. The number of ether oxygens (including phenoxy) is 2. The minimum Gasteiger partial charge on any atom is -0.386 e. The molecule has 0 fully saturated rings. The van der Waals surface area contributed by atoms with Crippen molar-refractivity contribution in [3.05, 3.63) is 47.5 Å². The van der Waals surface area contributed by atoms with Crippen LogP contribution in [0.25, 0.3) is 0 Å². The van der Waals surface area contributed by atoms with Gasteiger partial charge in [-0.05, 0) is 31.1 Å². The van der Waals surface area contributed by atoms with Crippen LogP contribution < -0.4 is 0 Å². The summed E-state index contributed by atoms with van der Waals surface area (Å²) in [7, 11) is 0. The predicted molar refractivity (Wildman–Crippen MR) is 65.3 cm³/mol. The second kappa shape index (κ2) is 5.45. The Bertz CT molecular complexity index is 386. The average Bonchev–Trinajstić information content (AvgIpc) is 2.34. The molecule has 1 aromatic rings. The highest BCUT2D eigenvalue weighted by Crippen LogP contribution is 2.20. The zero-order chi connectivity index (χ0) is 12.3. The monoisotopic (exact) mass is 234 g/mol. The third kappa shape index (κ3) is 3.16. The lowest BCUT2D eigenvalue weighted by atomic mass is 10.0. The molecule has 3 atom stereocenters. The van der Waals surface area contributed by atoms with E-state index in [1.54, 1.807) is 0 Å². The van der Waals surface area contributed by atoms with E-state index in [1.165, 1.54) is 0 Å². The lowest BCUT2D eigenvalue weighted by molar-refractivity contribution is -0.173. The average molecular weight is 234 g/mol. The zero-order valence-corrected chi connectivity index (χ0v) is 10.2. The number of hydrogen-bond acceptors (Lipinski definition) is 3. The molecule has 1 N–H and O–H groups in total. The van der Waals surface area contributed by atoms with E-state index in [1.807, 2.05) is 50.3 Å². The van der Waals surface area contributed by atoms with Crippen LogP contribution in [-0.2, 0) is 16.1 Å². The Labute approximate surface area is 102 Å². The van der Waals surface area contributed by atoms with Gasteiger partial charge in [-0.2, -0.15) is 0 Å². The van der Waals surface area contributed by atoms with Crippen molar-refractivity contribution in [2.75, 3.05) is 0 Å². The van der Waals surface area contributed by atoms with Crippen molar-refractivity contribution in [1.82, 2.24) is 0 Å². The number of rotatable bonds is 3. The van der Waals surface area contributed by atoms with Crippen molar-refractivity contribution in [3.63, 3.8) is 0 Å². The molecule has 1 aliphatic rings. The second-order valence-corrected chi connectivity index (χ2v) is 4.36. The summed E-state index contributed by atoms with van der Waals surface area (Å²) in [4.78, 5) is 0. The summed E-state index contributed by atoms with van der Waals surface area (Å²) in [6, 6.07) is 9.96. The summed E-state index contributed by atoms with van der Waals surface area (Å²) in [5.41, 5.74) is 2.02. The molecule has 0 saturated carbocycles. The Morgan fingerprint density at radius 2 is 2.00 bits per heavy atom. The molecule has 1 heterocycles. The van der Waals surface area contributed by atoms with E-state index in [-0.39, 0.29) is 12.4 Å². The molecule has 17 heavy (non-hydrogen) atoms. The van der Waals surface area contributed by atoms with E-state index in [2.05, 4.69) is 0 Å². The highest BCUT2D eigenvalue weighted by molar-refractivity contribution is 5.14. The minimum absolute atomic E-state index is 0.222. The van der Waals surface area contributed by atoms with E-state index < -0.39 is 6.10 Å². The summed E-state index contributed by atoms with van der Waals surface area (Å²) in [5.74, 6) is 0. The predicted octanol–water partition coefficient (Wildman–Crippen LogP) is 2.26. The molecule has 0 amide bonds. The molecule has 0 aromatic heterocycles. The molecule has 0 aliphatic carbocycles. The van der Waals surface area contributed by atoms with Gasteiger partial charge >= 0.3 is 0 Å². The fraction of sp³-hybridized carbons (Fsp3) is 0.429. The third-order valence-electron chi connectivity index (χ3n) is 2.92. The number of aliphatic hydroxyl groups excluding tert-OH is 1. The van der Waals surface area contributed by atoms with Crippen LogP contribution in [0.2, 0.25) is 0 Å². The first-order chi connectivity index (χ1) is 8.16. The molecule has 2 rings (SSSR count). The first-order valence-electron chi connectivity index (χ1n) is 5.84. The number of aliphatic hydroxyl groups is 1. The maximum absolute atomic E-state index is 9.70. The van der Waals surface area contributed by atoms with Gasteiger partial charge in [0.25, 0.3) is 0 Å². The van der Waals surface area contributed by atoms with Gasteiger partial charge in [0.15, 0.2) is 6.29 Å². The summed E-state index contributed by atoms with van der Waals surface area (Å²) < 4.78 is 11.2. The third-order valence-corrected chi connectivity index (χ3v) is 2.92.